The third-order valence-corrected chi connectivity index (χ3v) is 5.16. The van der Waals surface area contributed by atoms with Gasteiger partial charge in [-0.25, -0.2) is 0 Å². The number of hydrogen-bond acceptors (Lipinski definition) is 4. The lowest BCUT2D eigenvalue weighted by molar-refractivity contribution is 0.762. The number of hydrogen-bond donors (Lipinski definition) is 0. The smallest absolute Gasteiger partial charge is 0.187 e. The minimum absolute atomic E-state index is 0. The van der Waals surface area contributed by atoms with Gasteiger partial charge in [-0.3, -0.25) is 0 Å². The fourth-order valence-corrected chi connectivity index (χ4v) is 3.52. The molecule has 1 aromatic heterocycles. The van der Waals surface area contributed by atoms with E-state index in [1.54, 1.807) is 16.4 Å². The van der Waals surface area contributed by atoms with Crippen LogP contribution in [0.1, 0.15) is 5.56 Å². The molecule has 0 N–H and O–H groups in total. The highest BCUT2D eigenvalue weighted by atomic mass is 79.9. The quantitative estimate of drug-likeness (QED) is 0.494. The van der Waals surface area contributed by atoms with Crippen LogP contribution in [0, 0.1) is 0 Å². The monoisotopic (exact) mass is 484 g/mol. The summed E-state index contributed by atoms with van der Waals surface area (Å²) in [7, 11) is 0. The van der Waals surface area contributed by atoms with Gasteiger partial charge in [-0.2, -0.15) is 9.78 Å². The summed E-state index contributed by atoms with van der Waals surface area (Å²) in [6.45, 7) is 0. The molecule has 0 bridgehead atoms. The third-order valence-electron chi connectivity index (χ3n) is 3.45. The predicted octanol–water partition coefficient (Wildman–Crippen LogP) is 5.30. The Morgan fingerprint density at radius 2 is 1.62 bits per heavy atom. The molecular formula is C16H11Br2ClN4S. The molecule has 1 aliphatic heterocycles. The van der Waals surface area contributed by atoms with E-state index in [0.29, 0.717) is 0 Å². The average Bonchev–Trinajstić information content (AvgIpc) is 2.99. The first-order chi connectivity index (χ1) is 11.2. The van der Waals surface area contributed by atoms with Crippen LogP contribution in [0.4, 0.5) is 0 Å². The maximum atomic E-state index is 5.96. The lowest BCUT2D eigenvalue weighted by atomic mass is 10.1. The first kappa shape index (κ1) is 17.7. The van der Waals surface area contributed by atoms with E-state index in [2.05, 4.69) is 26.1 Å². The molecule has 4 rings (SSSR count). The van der Waals surface area contributed by atoms with Crippen LogP contribution in [-0.4, -0.2) is 26.3 Å². The fourth-order valence-electron chi connectivity index (χ4n) is 2.29. The summed E-state index contributed by atoms with van der Waals surface area (Å²) in [5, 5.41) is 14.8. The summed E-state index contributed by atoms with van der Waals surface area (Å²) in [6, 6.07) is 15.7. The molecule has 0 aliphatic carbocycles. The predicted molar refractivity (Wildman–Crippen MR) is 108 cm³/mol. The maximum absolute atomic E-state index is 5.96. The molecule has 0 atom stereocenters. The van der Waals surface area contributed by atoms with E-state index in [-0.39, 0.29) is 17.0 Å². The van der Waals surface area contributed by atoms with Crippen molar-refractivity contribution >= 4 is 62.0 Å². The lowest BCUT2D eigenvalue weighted by Gasteiger charge is -2.14. The standard InChI is InChI=1S/C16H10BrClN4S.BrH/c17-12-5-1-11(2-6-12)15-19-20-16-22(15)21-14(9-23-16)10-3-7-13(18)8-4-10;/h1-8H,9H2;1H. The van der Waals surface area contributed by atoms with E-state index < -0.39 is 0 Å². The van der Waals surface area contributed by atoms with Crippen LogP contribution < -0.4 is 0 Å². The Morgan fingerprint density at radius 3 is 2.33 bits per heavy atom. The van der Waals surface area contributed by atoms with Crippen molar-refractivity contribution < 1.29 is 0 Å². The number of fused-ring (bicyclic) bond motifs is 1. The normalized spacial score (nSPS) is 13.0. The average molecular weight is 487 g/mol. The van der Waals surface area contributed by atoms with Gasteiger partial charge in [0.25, 0.3) is 0 Å². The van der Waals surface area contributed by atoms with Gasteiger partial charge in [-0.05, 0) is 29.8 Å². The van der Waals surface area contributed by atoms with Gasteiger partial charge in [0.15, 0.2) is 5.82 Å². The summed E-state index contributed by atoms with van der Waals surface area (Å²) < 4.78 is 2.83. The highest BCUT2D eigenvalue weighted by Gasteiger charge is 2.20. The van der Waals surface area contributed by atoms with E-state index in [4.69, 9.17) is 16.7 Å². The zero-order valence-corrected chi connectivity index (χ0v) is 17.1. The molecule has 8 heteroatoms. The number of aromatic nitrogens is 3. The lowest BCUT2D eigenvalue weighted by Crippen LogP contribution is -2.13. The van der Waals surface area contributed by atoms with Crippen LogP contribution in [0.3, 0.4) is 0 Å². The van der Waals surface area contributed by atoms with Crippen molar-refractivity contribution in [2.45, 2.75) is 5.16 Å². The molecule has 0 saturated carbocycles. The molecule has 4 nitrogen and oxygen atoms in total. The van der Waals surface area contributed by atoms with Crippen molar-refractivity contribution in [1.29, 1.82) is 0 Å². The molecule has 2 aromatic carbocycles. The van der Waals surface area contributed by atoms with Gasteiger partial charge >= 0.3 is 0 Å². The molecule has 0 unspecified atom stereocenters. The Morgan fingerprint density at radius 1 is 0.958 bits per heavy atom. The molecule has 3 aromatic rings. The summed E-state index contributed by atoms with van der Waals surface area (Å²) in [5.74, 6) is 1.51. The molecule has 0 saturated heterocycles. The van der Waals surface area contributed by atoms with E-state index in [0.717, 1.165) is 43.1 Å². The highest BCUT2D eigenvalue weighted by molar-refractivity contribution is 9.10. The Bertz CT molecular complexity index is 891. The molecule has 1 aliphatic rings. The fraction of sp³-hybridized carbons (Fsp3) is 0.0625. The highest BCUT2D eigenvalue weighted by Crippen LogP contribution is 2.29. The van der Waals surface area contributed by atoms with Crippen molar-refractivity contribution in [3.8, 4) is 11.4 Å². The minimum Gasteiger partial charge on any atom is -0.187 e. The van der Waals surface area contributed by atoms with Crippen molar-refractivity contribution in [2.75, 3.05) is 5.75 Å². The Balaban J connectivity index is 0.00000169. The first-order valence-corrected chi connectivity index (χ1v) is 9.04. The maximum Gasteiger partial charge on any atom is 0.212 e. The van der Waals surface area contributed by atoms with Crippen LogP contribution in [0.15, 0.2) is 63.3 Å². The first-order valence-electron chi connectivity index (χ1n) is 6.89. The Labute approximate surface area is 167 Å². The van der Waals surface area contributed by atoms with Gasteiger partial charge < -0.3 is 0 Å². The zero-order chi connectivity index (χ0) is 15.8. The second-order valence-electron chi connectivity index (χ2n) is 4.97. The van der Waals surface area contributed by atoms with E-state index >= 15 is 0 Å². The summed E-state index contributed by atoms with van der Waals surface area (Å²) >= 11 is 11.0. The molecule has 0 spiro atoms. The van der Waals surface area contributed by atoms with Gasteiger partial charge in [0.1, 0.15) is 0 Å². The molecule has 2 heterocycles. The second-order valence-corrected chi connectivity index (χ2v) is 7.26. The molecule has 24 heavy (non-hydrogen) atoms. The zero-order valence-electron chi connectivity index (χ0n) is 12.2. The SMILES string of the molecule is Br.Clc1ccc(C2=Nn3c(nnc3-c3ccc(Br)cc3)SC2)cc1. The van der Waals surface area contributed by atoms with Crippen LogP contribution >= 0.6 is 56.3 Å². The van der Waals surface area contributed by atoms with Crippen LogP contribution in [0.25, 0.3) is 11.4 Å². The summed E-state index contributed by atoms with van der Waals surface area (Å²) in [5.41, 5.74) is 3.02. The summed E-state index contributed by atoms with van der Waals surface area (Å²) in [4.78, 5) is 0. The van der Waals surface area contributed by atoms with Crippen molar-refractivity contribution in [2.24, 2.45) is 5.10 Å². The molecule has 0 amide bonds. The van der Waals surface area contributed by atoms with E-state index in [9.17, 15) is 0 Å². The molecule has 0 radical (unpaired) electrons. The topological polar surface area (TPSA) is 43.1 Å². The molecule has 122 valence electrons. The van der Waals surface area contributed by atoms with Gasteiger partial charge in [-0.1, -0.05) is 63.6 Å². The Kier molecular flexibility index (Phi) is 5.44. The van der Waals surface area contributed by atoms with Crippen LogP contribution in [0.2, 0.25) is 5.02 Å². The third kappa shape index (κ3) is 3.44. The van der Waals surface area contributed by atoms with Crippen LogP contribution in [-0.2, 0) is 0 Å². The number of nitrogens with zero attached hydrogens (tertiary/aromatic N) is 4. The Hall–Kier alpha value is -1.15. The molecule has 0 fully saturated rings. The summed E-state index contributed by atoms with van der Waals surface area (Å²) in [6.07, 6.45) is 0. The second kappa shape index (κ2) is 7.39. The number of rotatable bonds is 2. The minimum atomic E-state index is 0. The van der Waals surface area contributed by atoms with Crippen LogP contribution in [0.5, 0.6) is 0 Å². The van der Waals surface area contributed by atoms with Gasteiger partial charge in [-0.15, -0.1) is 27.2 Å². The van der Waals surface area contributed by atoms with Gasteiger partial charge in [0.2, 0.25) is 5.16 Å². The van der Waals surface area contributed by atoms with E-state index in [1.165, 1.54) is 0 Å². The number of benzene rings is 2. The molecular weight excluding hydrogens is 476 g/mol. The number of halogens is 3. The van der Waals surface area contributed by atoms with Gasteiger partial charge in [0.05, 0.1) is 5.71 Å². The largest absolute Gasteiger partial charge is 0.212 e. The van der Waals surface area contributed by atoms with E-state index in [1.807, 2.05) is 48.5 Å². The van der Waals surface area contributed by atoms with Crippen molar-refractivity contribution in [3.05, 3.63) is 63.6 Å². The van der Waals surface area contributed by atoms with Gasteiger partial charge in [0, 0.05) is 20.8 Å². The van der Waals surface area contributed by atoms with Crippen molar-refractivity contribution in [3.63, 3.8) is 0 Å². The number of thioether (sulfide) groups is 1. The van der Waals surface area contributed by atoms with Crippen molar-refractivity contribution in [1.82, 2.24) is 14.9 Å².